The molecule has 98 valence electrons. The largest absolute Gasteiger partial charge is 0.331 e. The number of aromatic amines is 2. The molecule has 3 heterocycles. The summed E-state index contributed by atoms with van der Waals surface area (Å²) >= 11 is 1.19. The molecule has 3 aromatic heterocycles. The first-order valence-corrected chi connectivity index (χ1v) is 6.41. The first-order chi connectivity index (χ1) is 9.11. The van der Waals surface area contributed by atoms with Gasteiger partial charge in [0.05, 0.1) is 5.69 Å². The number of hydrogen-bond donors (Lipinski definition) is 2. The Hall–Kier alpha value is -2.29. The maximum atomic E-state index is 11.8. The van der Waals surface area contributed by atoms with E-state index < -0.39 is 11.2 Å². The number of nitrogens with zero attached hydrogens (tertiary/aromatic N) is 4. The summed E-state index contributed by atoms with van der Waals surface area (Å²) in [5.74, 6) is 0.501. The van der Waals surface area contributed by atoms with Crippen LogP contribution in [0.5, 0.6) is 0 Å². The van der Waals surface area contributed by atoms with Crippen LogP contribution in [0, 0.1) is 6.92 Å². The minimum Gasteiger partial charge on any atom is -0.331 e. The molecule has 0 spiro atoms. The van der Waals surface area contributed by atoms with E-state index in [1.54, 1.807) is 0 Å². The summed E-state index contributed by atoms with van der Waals surface area (Å²) in [5, 5.41) is 3.90. The molecule has 0 fully saturated rings. The molecule has 0 aromatic carbocycles. The van der Waals surface area contributed by atoms with Crippen LogP contribution in [0.15, 0.2) is 9.59 Å². The second-order valence-electron chi connectivity index (χ2n) is 3.98. The number of hydrogen-bond acceptors (Lipinski definition) is 6. The van der Waals surface area contributed by atoms with Crippen LogP contribution in [0.25, 0.3) is 21.9 Å². The molecule has 0 atom stereocenters. The molecule has 9 heteroatoms. The number of fused-ring (bicyclic) bond motifs is 1. The molecule has 0 saturated heterocycles. The van der Waals surface area contributed by atoms with Gasteiger partial charge in [-0.05, 0) is 25.4 Å². The van der Waals surface area contributed by atoms with Gasteiger partial charge in [-0.2, -0.15) is 0 Å². The van der Waals surface area contributed by atoms with Gasteiger partial charge in [0.25, 0.3) is 5.56 Å². The van der Waals surface area contributed by atoms with Crippen LogP contribution in [0.2, 0.25) is 0 Å². The Labute approximate surface area is 110 Å². The van der Waals surface area contributed by atoms with Gasteiger partial charge in [0.1, 0.15) is 10.4 Å². The predicted molar refractivity (Wildman–Crippen MR) is 70.3 cm³/mol. The van der Waals surface area contributed by atoms with Crippen molar-refractivity contribution >= 4 is 22.7 Å². The van der Waals surface area contributed by atoms with E-state index in [2.05, 4.69) is 24.5 Å². The normalized spacial score (nSPS) is 11.3. The Morgan fingerprint density at radius 1 is 1.32 bits per heavy atom. The molecule has 3 aromatic rings. The lowest BCUT2D eigenvalue weighted by Gasteiger charge is -1.99. The first-order valence-electron chi connectivity index (χ1n) is 5.64. The molecule has 0 saturated carbocycles. The van der Waals surface area contributed by atoms with E-state index in [1.807, 2.05) is 13.8 Å². The van der Waals surface area contributed by atoms with Crippen molar-refractivity contribution < 1.29 is 0 Å². The second-order valence-corrected chi connectivity index (χ2v) is 4.73. The molecule has 0 aliphatic rings. The molecular formula is C10H10N6O2S. The lowest BCUT2D eigenvalue weighted by atomic mass is 10.4. The Morgan fingerprint density at radius 2 is 2.11 bits per heavy atom. The van der Waals surface area contributed by atoms with Gasteiger partial charge < -0.3 is 4.98 Å². The molecule has 0 aliphatic heterocycles. The molecule has 19 heavy (non-hydrogen) atoms. The molecule has 8 nitrogen and oxygen atoms in total. The highest BCUT2D eigenvalue weighted by Crippen LogP contribution is 2.23. The Morgan fingerprint density at radius 3 is 2.74 bits per heavy atom. The Kier molecular flexibility index (Phi) is 2.56. The predicted octanol–water partition coefficient (Wildman–Crippen LogP) is 0.260. The minimum absolute atomic E-state index is 0.282. The Bertz CT molecular complexity index is 870. The molecule has 3 rings (SSSR count). The van der Waals surface area contributed by atoms with E-state index in [1.165, 1.54) is 16.1 Å². The summed E-state index contributed by atoms with van der Waals surface area (Å²) in [6, 6.07) is 0. The van der Waals surface area contributed by atoms with Gasteiger partial charge >= 0.3 is 5.69 Å². The average Bonchev–Trinajstić information content (AvgIpc) is 2.95. The van der Waals surface area contributed by atoms with Gasteiger partial charge in [-0.3, -0.25) is 14.3 Å². The standard InChI is InChI=1S/C10H10N6O2S/c1-3-16-8-5(9(17)13-10(16)18)11-7(12-8)6-4(2)14-15-19-6/h3H2,1-2H3,(H,11,12)(H,13,17,18). The third-order valence-corrected chi connectivity index (χ3v) is 3.65. The number of imidazole rings is 1. The van der Waals surface area contributed by atoms with E-state index in [-0.39, 0.29) is 5.52 Å². The van der Waals surface area contributed by atoms with Crippen molar-refractivity contribution in [1.82, 2.24) is 29.1 Å². The quantitative estimate of drug-likeness (QED) is 0.698. The minimum atomic E-state index is -0.474. The van der Waals surface area contributed by atoms with Crippen LogP contribution in [-0.4, -0.2) is 29.1 Å². The van der Waals surface area contributed by atoms with Crippen molar-refractivity contribution in [3.63, 3.8) is 0 Å². The molecule has 0 amide bonds. The molecule has 0 radical (unpaired) electrons. The van der Waals surface area contributed by atoms with Crippen LogP contribution < -0.4 is 11.2 Å². The van der Waals surface area contributed by atoms with Crippen LogP contribution in [0.3, 0.4) is 0 Å². The van der Waals surface area contributed by atoms with Crippen LogP contribution in [-0.2, 0) is 6.54 Å². The van der Waals surface area contributed by atoms with Crippen molar-refractivity contribution in [2.24, 2.45) is 0 Å². The summed E-state index contributed by atoms with van der Waals surface area (Å²) in [7, 11) is 0. The van der Waals surface area contributed by atoms with Crippen molar-refractivity contribution in [3.05, 3.63) is 26.5 Å². The van der Waals surface area contributed by atoms with Crippen molar-refractivity contribution in [2.75, 3.05) is 0 Å². The third-order valence-electron chi connectivity index (χ3n) is 2.82. The summed E-state index contributed by atoms with van der Waals surface area (Å²) in [6.45, 7) is 4.05. The fraction of sp³-hybridized carbons (Fsp3) is 0.300. The average molecular weight is 278 g/mol. The summed E-state index contributed by atoms with van der Waals surface area (Å²) in [6.07, 6.45) is 0. The van der Waals surface area contributed by atoms with Crippen LogP contribution in [0.4, 0.5) is 0 Å². The number of rotatable bonds is 2. The van der Waals surface area contributed by atoms with Crippen LogP contribution >= 0.6 is 11.5 Å². The van der Waals surface area contributed by atoms with Gasteiger partial charge in [-0.1, -0.05) is 4.49 Å². The van der Waals surface area contributed by atoms with E-state index in [0.29, 0.717) is 18.0 Å². The highest BCUT2D eigenvalue weighted by molar-refractivity contribution is 7.09. The van der Waals surface area contributed by atoms with E-state index >= 15 is 0 Å². The van der Waals surface area contributed by atoms with Gasteiger partial charge in [0, 0.05) is 6.54 Å². The summed E-state index contributed by atoms with van der Waals surface area (Å²) < 4.78 is 5.23. The SMILES string of the molecule is CCn1c(=O)[nH]c(=O)c2[nH]c(-c3snnc3C)nc21. The zero-order valence-corrected chi connectivity index (χ0v) is 11.0. The van der Waals surface area contributed by atoms with Gasteiger partial charge in [0.2, 0.25) is 0 Å². The number of aromatic nitrogens is 6. The monoisotopic (exact) mass is 278 g/mol. The molecule has 0 aliphatic carbocycles. The fourth-order valence-corrected chi connectivity index (χ4v) is 2.49. The van der Waals surface area contributed by atoms with Crippen molar-refractivity contribution in [3.8, 4) is 10.7 Å². The molecule has 2 N–H and O–H groups in total. The molecular weight excluding hydrogens is 268 g/mol. The lowest BCUT2D eigenvalue weighted by Crippen LogP contribution is -2.29. The Balaban J connectivity index is 2.38. The van der Waals surface area contributed by atoms with E-state index in [4.69, 9.17) is 0 Å². The summed E-state index contributed by atoms with van der Waals surface area (Å²) in [4.78, 5) is 33.7. The highest BCUT2D eigenvalue weighted by Gasteiger charge is 2.16. The fourth-order valence-electron chi connectivity index (χ4n) is 1.89. The number of nitrogens with one attached hydrogen (secondary N) is 2. The van der Waals surface area contributed by atoms with Crippen molar-refractivity contribution in [1.29, 1.82) is 0 Å². The smallest absolute Gasteiger partial charge is 0.330 e. The van der Waals surface area contributed by atoms with Gasteiger partial charge in [-0.15, -0.1) is 5.10 Å². The second kappa shape index (κ2) is 4.12. The number of aryl methyl sites for hydroxylation is 2. The topological polar surface area (TPSA) is 109 Å². The van der Waals surface area contributed by atoms with Crippen molar-refractivity contribution in [2.45, 2.75) is 20.4 Å². The van der Waals surface area contributed by atoms with E-state index in [0.717, 1.165) is 10.6 Å². The molecule has 0 bridgehead atoms. The maximum absolute atomic E-state index is 11.8. The maximum Gasteiger partial charge on any atom is 0.330 e. The van der Waals surface area contributed by atoms with E-state index in [9.17, 15) is 9.59 Å². The van der Waals surface area contributed by atoms with Crippen LogP contribution in [0.1, 0.15) is 12.6 Å². The highest BCUT2D eigenvalue weighted by atomic mass is 32.1. The summed E-state index contributed by atoms with van der Waals surface area (Å²) in [5.41, 5.74) is 0.421. The van der Waals surface area contributed by atoms with Gasteiger partial charge in [-0.25, -0.2) is 9.78 Å². The number of H-pyrrole nitrogens is 2. The van der Waals surface area contributed by atoms with Gasteiger partial charge in [0.15, 0.2) is 11.5 Å². The first kappa shape index (κ1) is 11.8. The zero-order chi connectivity index (χ0) is 13.6. The zero-order valence-electron chi connectivity index (χ0n) is 10.2. The molecule has 0 unspecified atom stereocenters. The third kappa shape index (κ3) is 1.70. The lowest BCUT2D eigenvalue weighted by molar-refractivity contribution is 0.720.